The van der Waals surface area contributed by atoms with Gasteiger partial charge in [-0.15, -0.1) is 35.3 Å². The Labute approximate surface area is 153 Å². The molecule has 0 amide bonds. The van der Waals surface area contributed by atoms with Crippen molar-refractivity contribution < 1.29 is 0 Å². The van der Waals surface area contributed by atoms with Crippen LogP contribution in [-0.4, -0.2) is 42.6 Å². The number of thioether (sulfide) groups is 1. The van der Waals surface area contributed by atoms with E-state index in [-0.39, 0.29) is 24.0 Å². The molecule has 21 heavy (non-hydrogen) atoms. The van der Waals surface area contributed by atoms with Crippen LogP contribution in [0.25, 0.3) is 0 Å². The Morgan fingerprint density at radius 1 is 1.38 bits per heavy atom. The largest absolute Gasteiger partial charge is 0.356 e. The van der Waals surface area contributed by atoms with Crippen LogP contribution in [0.2, 0.25) is 0 Å². The topological polar surface area (TPSA) is 49.3 Å². The van der Waals surface area contributed by atoms with E-state index >= 15 is 0 Å². The Morgan fingerprint density at radius 2 is 2.14 bits per heavy atom. The maximum Gasteiger partial charge on any atom is 0.190 e. The van der Waals surface area contributed by atoms with E-state index < -0.39 is 0 Å². The van der Waals surface area contributed by atoms with Crippen molar-refractivity contribution in [1.29, 1.82) is 0 Å². The quantitative estimate of drug-likeness (QED) is 0.420. The van der Waals surface area contributed by atoms with Crippen molar-refractivity contribution >= 4 is 53.0 Å². The second-order valence-corrected chi connectivity index (χ2v) is 7.33. The van der Waals surface area contributed by atoms with Crippen LogP contribution >= 0.6 is 47.1 Å². The number of hydrogen-bond donors (Lipinski definition) is 2. The number of aromatic nitrogens is 1. The van der Waals surface area contributed by atoms with Gasteiger partial charge in [-0.3, -0.25) is 4.99 Å². The number of aliphatic imine (C=N–C) groups is 1. The summed E-state index contributed by atoms with van der Waals surface area (Å²) in [4.78, 5) is 8.75. The number of nitrogens with zero attached hydrogens (tertiary/aromatic N) is 2. The molecule has 0 radical (unpaired) electrons. The molecule has 2 N–H and O–H groups in total. The van der Waals surface area contributed by atoms with E-state index in [4.69, 9.17) is 0 Å². The van der Waals surface area contributed by atoms with Crippen LogP contribution < -0.4 is 10.6 Å². The average molecular weight is 440 g/mol. The molecule has 0 saturated carbocycles. The summed E-state index contributed by atoms with van der Waals surface area (Å²) in [6.45, 7) is 3.96. The van der Waals surface area contributed by atoms with Crippen molar-refractivity contribution in [1.82, 2.24) is 15.6 Å². The number of aryl methyl sites for hydroxylation is 1. The SMILES string of the molecule is CN=C(NCCc1csc(C)n1)NCC1CCSCC1.I. The van der Waals surface area contributed by atoms with Crippen molar-refractivity contribution in [3.63, 3.8) is 0 Å². The number of guanidine groups is 1. The zero-order valence-corrected chi connectivity index (χ0v) is 16.7. The molecule has 1 fully saturated rings. The van der Waals surface area contributed by atoms with Gasteiger partial charge in [0, 0.05) is 31.9 Å². The van der Waals surface area contributed by atoms with Gasteiger partial charge in [-0.05, 0) is 37.2 Å². The lowest BCUT2D eigenvalue weighted by Gasteiger charge is -2.22. The van der Waals surface area contributed by atoms with Crippen molar-refractivity contribution in [3.05, 3.63) is 16.1 Å². The fraction of sp³-hybridized carbons (Fsp3) is 0.714. The van der Waals surface area contributed by atoms with Crippen molar-refractivity contribution in [2.45, 2.75) is 26.2 Å². The van der Waals surface area contributed by atoms with Crippen LogP contribution in [0, 0.1) is 12.8 Å². The first-order valence-electron chi connectivity index (χ1n) is 7.21. The molecule has 0 bridgehead atoms. The van der Waals surface area contributed by atoms with Gasteiger partial charge in [0.05, 0.1) is 10.7 Å². The zero-order chi connectivity index (χ0) is 14.2. The lowest BCUT2D eigenvalue weighted by atomic mass is 10.0. The van der Waals surface area contributed by atoms with E-state index in [0.717, 1.165) is 36.4 Å². The van der Waals surface area contributed by atoms with Crippen molar-refractivity contribution in [3.8, 4) is 0 Å². The molecule has 0 aliphatic carbocycles. The summed E-state index contributed by atoms with van der Waals surface area (Å²) in [5, 5.41) is 10.1. The highest BCUT2D eigenvalue weighted by Crippen LogP contribution is 2.21. The summed E-state index contributed by atoms with van der Waals surface area (Å²) < 4.78 is 0. The summed E-state index contributed by atoms with van der Waals surface area (Å²) in [6.07, 6.45) is 3.60. The second kappa shape index (κ2) is 10.7. The lowest BCUT2D eigenvalue weighted by Crippen LogP contribution is -2.41. The molecule has 2 rings (SSSR count). The fourth-order valence-corrected chi connectivity index (χ4v) is 4.10. The number of nitrogens with one attached hydrogen (secondary N) is 2. The Bertz CT molecular complexity index is 430. The van der Waals surface area contributed by atoms with Crippen LogP contribution in [0.5, 0.6) is 0 Å². The molecule has 4 nitrogen and oxygen atoms in total. The molecule has 1 aromatic rings. The maximum absolute atomic E-state index is 4.47. The number of rotatable bonds is 5. The van der Waals surface area contributed by atoms with Crippen molar-refractivity contribution in [2.24, 2.45) is 10.9 Å². The lowest BCUT2D eigenvalue weighted by molar-refractivity contribution is 0.479. The highest BCUT2D eigenvalue weighted by molar-refractivity contribution is 14.0. The Kier molecular flexibility index (Phi) is 9.66. The second-order valence-electron chi connectivity index (χ2n) is 5.04. The Morgan fingerprint density at radius 3 is 2.76 bits per heavy atom. The normalized spacial score (nSPS) is 16.4. The molecule has 2 heterocycles. The molecule has 1 aromatic heterocycles. The van der Waals surface area contributed by atoms with Crippen LogP contribution in [-0.2, 0) is 6.42 Å². The smallest absolute Gasteiger partial charge is 0.190 e. The third-order valence-electron chi connectivity index (χ3n) is 3.46. The third kappa shape index (κ3) is 7.19. The van der Waals surface area contributed by atoms with Gasteiger partial charge in [0.25, 0.3) is 0 Å². The average Bonchev–Trinajstić information content (AvgIpc) is 2.89. The van der Waals surface area contributed by atoms with Gasteiger partial charge in [-0.2, -0.15) is 11.8 Å². The van der Waals surface area contributed by atoms with E-state index in [0.29, 0.717) is 0 Å². The Hall–Kier alpha value is -0.0200. The standard InChI is InChI=1S/C14H24N4S2.HI/c1-11-18-13(10-20-11)3-6-16-14(15-2)17-9-12-4-7-19-8-5-12;/h10,12H,3-9H2,1-2H3,(H2,15,16,17);1H. The minimum Gasteiger partial charge on any atom is -0.356 e. The molecule has 0 spiro atoms. The molecule has 1 aliphatic rings. The number of halogens is 1. The van der Waals surface area contributed by atoms with E-state index in [1.807, 2.05) is 14.0 Å². The number of thiazole rings is 1. The fourth-order valence-electron chi connectivity index (χ4n) is 2.24. The van der Waals surface area contributed by atoms with E-state index in [2.05, 4.69) is 37.8 Å². The molecular weight excluding hydrogens is 415 g/mol. The molecular formula is C14H25IN4S2. The van der Waals surface area contributed by atoms with Crippen LogP contribution in [0.15, 0.2) is 10.4 Å². The molecule has 120 valence electrons. The molecule has 0 aromatic carbocycles. The molecule has 0 unspecified atom stereocenters. The third-order valence-corrected chi connectivity index (χ3v) is 5.33. The van der Waals surface area contributed by atoms with Gasteiger partial charge in [-0.25, -0.2) is 4.98 Å². The molecule has 0 atom stereocenters. The predicted octanol–water partition coefficient (Wildman–Crippen LogP) is 2.92. The van der Waals surface area contributed by atoms with Crippen LogP contribution in [0.1, 0.15) is 23.5 Å². The van der Waals surface area contributed by atoms with Crippen LogP contribution in [0.4, 0.5) is 0 Å². The number of hydrogen-bond acceptors (Lipinski definition) is 4. The van der Waals surface area contributed by atoms with Gasteiger partial charge in [0.2, 0.25) is 0 Å². The van der Waals surface area contributed by atoms with Gasteiger partial charge in [0.1, 0.15) is 0 Å². The van der Waals surface area contributed by atoms with E-state index in [9.17, 15) is 0 Å². The minimum atomic E-state index is 0. The van der Waals surface area contributed by atoms with Crippen molar-refractivity contribution in [2.75, 3.05) is 31.6 Å². The first-order valence-corrected chi connectivity index (χ1v) is 9.24. The van der Waals surface area contributed by atoms with E-state index in [1.54, 1.807) is 11.3 Å². The predicted molar refractivity (Wildman–Crippen MR) is 105 cm³/mol. The monoisotopic (exact) mass is 440 g/mol. The maximum atomic E-state index is 4.47. The van der Waals surface area contributed by atoms with Gasteiger partial charge in [-0.1, -0.05) is 0 Å². The van der Waals surface area contributed by atoms with Gasteiger partial charge >= 0.3 is 0 Å². The summed E-state index contributed by atoms with van der Waals surface area (Å²) in [5.74, 6) is 4.33. The first kappa shape index (κ1) is 19.0. The zero-order valence-electron chi connectivity index (χ0n) is 12.7. The van der Waals surface area contributed by atoms with Gasteiger partial charge < -0.3 is 10.6 Å². The highest BCUT2D eigenvalue weighted by Gasteiger charge is 2.13. The molecule has 1 saturated heterocycles. The summed E-state index contributed by atoms with van der Waals surface area (Å²) in [5.41, 5.74) is 1.17. The first-order chi connectivity index (χ1) is 9.78. The summed E-state index contributed by atoms with van der Waals surface area (Å²) >= 11 is 3.78. The van der Waals surface area contributed by atoms with Crippen LogP contribution in [0.3, 0.4) is 0 Å². The summed E-state index contributed by atoms with van der Waals surface area (Å²) in [7, 11) is 1.83. The minimum absolute atomic E-state index is 0. The highest BCUT2D eigenvalue weighted by atomic mass is 127. The van der Waals surface area contributed by atoms with Gasteiger partial charge in [0.15, 0.2) is 5.96 Å². The summed E-state index contributed by atoms with van der Waals surface area (Å²) in [6, 6.07) is 0. The Balaban J connectivity index is 0.00000220. The van der Waals surface area contributed by atoms with E-state index in [1.165, 1.54) is 30.0 Å². The molecule has 7 heteroatoms. The molecule has 1 aliphatic heterocycles.